The molecule has 19 heavy (non-hydrogen) atoms. The van der Waals surface area contributed by atoms with Crippen LogP contribution >= 0.6 is 0 Å². The molecule has 1 aromatic heterocycles. The standard InChI is InChI=1S/C13H23N5O/c1-14-12-11(19-4)13(16-9-15-12)18(3)10-5-7-17(2)8-6-10/h9-10H,5-8H2,1-4H3,(H,14,15,16). The molecule has 0 saturated carbocycles. The Labute approximate surface area is 114 Å². The molecule has 6 nitrogen and oxygen atoms in total. The molecule has 1 saturated heterocycles. The van der Waals surface area contributed by atoms with Gasteiger partial charge in [0.2, 0.25) is 5.75 Å². The zero-order valence-corrected chi connectivity index (χ0v) is 12.2. The van der Waals surface area contributed by atoms with Crippen LogP contribution in [0.15, 0.2) is 6.33 Å². The lowest BCUT2D eigenvalue weighted by molar-refractivity contribution is 0.252. The molecule has 0 aromatic carbocycles. The van der Waals surface area contributed by atoms with Gasteiger partial charge in [-0.2, -0.15) is 0 Å². The second-order valence-corrected chi connectivity index (χ2v) is 4.97. The molecule has 0 atom stereocenters. The molecule has 0 amide bonds. The van der Waals surface area contributed by atoms with Crippen LogP contribution in [0.2, 0.25) is 0 Å². The number of methoxy groups -OCH3 is 1. The summed E-state index contributed by atoms with van der Waals surface area (Å²) in [5.74, 6) is 2.30. The van der Waals surface area contributed by atoms with Crippen molar-refractivity contribution in [2.45, 2.75) is 18.9 Å². The summed E-state index contributed by atoms with van der Waals surface area (Å²) in [6.45, 7) is 2.25. The number of piperidine rings is 1. The van der Waals surface area contributed by atoms with E-state index in [0.29, 0.717) is 11.8 Å². The van der Waals surface area contributed by atoms with Gasteiger partial charge >= 0.3 is 0 Å². The van der Waals surface area contributed by atoms with Gasteiger partial charge in [0.05, 0.1) is 7.11 Å². The van der Waals surface area contributed by atoms with E-state index in [-0.39, 0.29) is 0 Å². The molecular formula is C13H23N5O. The first kappa shape index (κ1) is 13.9. The molecule has 1 N–H and O–H groups in total. The van der Waals surface area contributed by atoms with Gasteiger partial charge < -0.3 is 19.9 Å². The Bertz CT molecular complexity index is 417. The molecule has 0 unspecified atom stereocenters. The minimum absolute atomic E-state index is 0.504. The maximum Gasteiger partial charge on any atom is 0.204 e. The van der Waals surface area contributed by atoms with Crippen molar-refractivity contribution in [2.75, 3.05) is 51.6 Å². The second kappa shape index (κ2) is 6.06. The fourth-order valence-corrected chi connectivity index (χ4v) is 2.54. The number of ether oxygens (including phenoxy) is 1. The SMILES string of the molecule is CNc1ncnc(N(C)C2CCN(C)CC2)c1OC. The van der Waals surface area contributed by atoms with Gasteiger partial charge in [-0.3, -0.25) is 0 Å². The highest BCUT2D eigenvalue weighted by Gasteiger charge is 2.24. The Hall–Kier alpha value is -1.56. The van der Waals surface area contributed by atoms with E-state index >= 15 is 0 Å². The van der Waals surface area contributed by atoms with Crippen molar-refractivity contribution in [2.24, 2.45) is 0 Å². The smallest absolute Gasteiger partial charge is 0.204 e. The maximum atomic E-state index is 5.46. The van der Waals surface area contributed by atoms with Crippen LogP contribution in [0.3, 0.4) is 0 Å². The summed E-state index contributed by atoms with van der Waals surface area (Å²) >= 11 is 0. The lowest BCUT2D eigenvalue weighted by Gasteiger charge is -2.36. The second-order valence-electron chi connectivity index (χ2n) is 4.97. The Morgan fingerprint density at radius 1 is 1.37 bits per heavy atom. The van der Waals surface area contributed by atoms with E-state index in [0.717, 1.165) is 37.6 Å². The predicted octanol–water partition coefficient (Wildman–Crippen LogP) is 1.06. The van der Waals surface area contributed by atoms with Crippen LogP contribution in [-0.2, 0) is 0 Å². The Morgan fingerprint density at radius 3 is 2.63 bits per heavy atom. The van der Waals surface area contributed by atoms with Crippen LogP contribution in [0.5, 0.6) is 5.75 Å². The molecule has 1 aliphatic rings. The number of rotatable bonds is 4. The van der Waals surface area contributed by atoms with E-state index in [1.807, 2.05) is 7.05 Å². The zero-order valence-electron chi connectivity index (χ0n) is 12.2. The molecule has 1 aliphatic heterocycles. The van der Waals surface area contributed by atoms with E-state index < -0.39 is 0 Å². The third-order valence-corrected chi connectivity index (χ3v) is 3.80. The first-order valence-corrected chi connectivity index (χ1v) is 6.65. The first-order valence-electron chi connectivity index (χ1n) is 6.65. The van der Waals surface area contributed by atoms with Gasteiger partial charge in [0.15, 0.2) is 11.6 Å². The molecule has 6 heteroatoms. The summed E-state index contributed by atoms with van der Waals surface area (Å²) in [4.78, 5) is 13.2. The lowest BCUT2D eigenvalue weighted by Crippen LogP contribution is -2.42. The number of aromatic nitrogens is 2. The number of nitrogens with zero attached hydrogens (tertiary/aromatic N) is 4. The number of likely N-dealkylation sites (tertiary alicyclic amines) is 1. The van der Waals surface area contributed by atoms with E-state index in [1.165, 1.54) is 0 Å². The molecule has 106 valence electrons. The largest absolute Gasteiger partial charge is 0.490 e. The molecule has 0 spiro atoms. The number of hydrogen-bond donors (Lipinski definition) is 1. The van der Waals surface area contributed by atoms with Crippen molar-refractivity contribution < 1.29 is 4.74 Å². The van der Waals surface area contributed by atoms with Crippen molar-refractivity contribution >= 4 is 11.6 Å². The molecule has 2 rings (SSSR count). The van der Waals surface area contributed by atoms with Crippen LogP contribution in [0.25, 0.3) is 0 Å². The number of anilines is 2. The van der Waals surface area contributed by atoms with E-state index in [1.54, 1.807) is 13.4 Å². The molecular weight excluding hydrogens is 242 g/mol. The van der Waals surface area contributed by atoms with Crippen LogP contribution in [0.4, 0.5) is 11.6 Å². The molecule has 0 aliphatic carbocycles. The third kappa shape index (κ3) is 2.89. The summed E-state index contributed by atoms with van der Waals surface area (Å²) in [5, 5.41) is 3.04. The number of hydrogen-bond acceptors (Lipinski definition) is 6. The van der Waals surface area contributed by atoms with Gasteiger partial charge in [-0.05, 0) is 33.0 Å². The minimum atomic E-state index is 0.504. The van der Waals surface area contributed by atoms with Crippen LogP contribution in [0, 0.1) is 0 Å². The lowest BCUT2D eigenvalue weighted by atomic mass is 10.0. The summed E-state index contributed by atoms with van der Waals surface area (Å²) in [7, 11) is 7.75. The number of nitrogens with one attached hydrogen (secondary N) is 1. The predicted molar refractivity (Wildman–Crippen MR) is 77.1 cm³/mol. The Balaban J connectivity index is 2.21. The molecule has 0 bridgehead atoms. The first-order chi connectivity index (χ1) is 9.17. The average molecular weight is 265 g/mol. The van der Waals surface area contributed by atoms with Crippen molar-refractivity contribution in [3.8, 4) is 5.75 Å². The maximum absolute atomic E-state index is 5.46. The highest BCUT2D eigenvalue weighted by molar-refractivity contribution is 5.64. The Kier molecular flexibility index (Phi) is 4.42. The van der Waals surface area contributed by atoms with Crippen molar-refractivity contribution in [1.82, 2.24) is 14.9 Å². The highest BCUT2D eigenvalue weighted by atomic mass is 16.5. The van der Waals surface area contributed by atoms with Crippen LogP contribution < -0.4 is 15.0 Å². The Morgan fingerprint density at radius 2 is 2.05 bits per heavy atom. The van der Waals surface area contributed by atoms with Gasteiger partial charge in [0.1, 0.15) is 6.33 Å². The average Bonchev–Trinajstić information content (AvgIpc) is 2.46. The normalized spacial score (nSPS) is 17.3. The van der Waals surface area contributed by atoms with Crippen LogP contribution in [-0.4, -0.2) is 62.3 Å². The quantitative estimate of drug-likeness (QED) is 0.878. The third-order valence-electron chi connectivity index (χ3n) is 3.80. The van der Waals surface area contributed by atoms with Gasteiger partial charge in [-0.15, -0.1) is 0 Å². The highest BCUT2D eigenvalue weighted by Crippen LogP contribution is 2.33. The van der Waals surface area contributed by atoms with E-state index in [2.05, 4.69) is 39.2 Å². The molecule has 1 fully saturated rings. The van der Waals surface area contributed by atoms with E-state index in [4.69, 9.17) is 4.74 Å². The fraction of sp³-hybridized carbons (Fsp3) is 0.692. The van der Waals surface area contributed by atoms with Crippen molar-refractivity contribution in [3.05, 3.63) is 6.33 Å². The van der Waals surface area contributed by atoms with Gasteiger partial charge in [0, 0.05) is 20.1 Å². The van der Waals surface area contributed by atoms with Crippen LogP contribution in [0.1, 0.15) is 12.8 Å². The fourth-order valence-electron chi connectivity index (χ4n) is 2.54. The van der Waals surface area contributed by atoms with Gasteiger partial charge in [0.25, 0.3) is 0 Å². The van der Waals surface area contributed by atoms with Crippen molar-refractivity contribution in [3.63, 3.8) is 0 Å². The zero-order chi connectivity index (χ0) is 13.8. The van der Waals surface area contributed by atoms with E-state index in [9.17, 15) is 0 Å². The van der Waals surface area contributed by atoms with Gasteiger partial charge in [-0.1, -0.05) is 0 Å². The summed E-state index contributed by atoms with van der Waals surface area (Å²) in [6, 6.07) is 0.504. The molecule has 2 heterocycles. The van der Waals surface area contributed by atoms with Crippen molar-refractivity contribution in [1.29, 1.82) is 0 Å². The summed E-state index contributed by atoms with van der Waals surface area (Å²) < 4.78 is 5.46. The topological polar surface area (TPSA) is 53.5 Å². The minimum Gasteiger partial charge on any atom is -0.490 e. The summed E-state index contributed by atoms with van der Waals surface area (Å²) in [6.07, 6.45) is 3.87. The molecule has 1 aromatic rings. The molecule has 0 radical (unpaired) electrons. The van der Waals surface area contributed by atoms with Gasteiger partial charge in [-0.25, -0.2) is 9.97 Å². The monoisotopic (exact) mass is 265 g/mol. The summed E-state index contributed by atoms with van der Waals surface area (Å²) in [5.41, 5.74) is 0.